The number of thiophene rings is 1. The maximum atomic E-state index is 12.4. The van der Waals surface area contributed by atoms with Gasteiger partial charge in [0.2, 0.25) is 0 Å². The molecule has 0 saturated heterocycles. The lowest BCUT2D eigenvalue weighted by atomic mass is 9.95. The minimum absolute atomic E-state index is 0.233. The minimum atomic E-state index is -0.934. The molecule has 0 aliphatic heterocycles. The second kappa shape index (κ2) is 9.67. The topological polar surface area (TPSA) is 96.9 Å². The Kier molecular flexibility index (Phi) is 7.00. The highest BCUT2D eigenvalue weighted by Gasteiger charge is 2.28. The second-order valence-electron chi connectivity index (χ2n) is 6.34. The molecule has 0 radical (unpaired) electrons. The number of benzene rings is 1. The molecule has 0 spiro atoms. The smallest absolute Gasteiger partial charge is 0.341 e. The van der Waals surface area contributed by atoms with E-state index in [4.69, 9.17) is 16.3 Å². The molecule has 1 aromatic heterocycles. The summed E-state index contributed by atoms with van der Waals surface area (Å²) in [6.07, 6.45) is 5.01. The van der Waals surface area contributed by atoms with Gasteiger partial charge in [-0.05, 0) is 55.9 Å². The van der Waals surface area contributed by atoms with Crippen LogP contribution in [0.15, 0.2) is 29.4 Å². The molecule has 0 atom stereocenters. The van der Waals surface area contributed by atoms with Crippen molar-refractivity contribution in [2.24, 2.45) is 5.10 Å². The first-order valence-corrected chi connectivity index (χ1v) is 10.4. The van der Waals surface area contributed by atoms with Crippen molar-refractivity contribution in [1.29, 1.82) is 0 Å². The van der Waals surface area contributed by atoms with E-state index in [2.05, 4.69) is 15.8 Å². The van der Waals surface area contributed by atoms with Crippen molar-refractivity contribution < 1.29 is 19.1 Å². The highest BCUT2D eigenvalue weighted by molar-refractivity contribution is 7.17. The van der Waals surface area contributed by atoms with Crippen molar-refractivity contribution in [3.8, 4) is 0 Å². The number of esters is 1. The number of hydrogen-bond acceptors (Lipinski definition) is 6. The third-order valence-corrected chi connectivity index (χ3v) is 5.79. The summed E-state index contributed by atoms with van der Waals surface area (Å²) in [7, 11) is 0. The van der Waals surface area contributed by atoms with Gasteiger partial charge in [0.1, 0.15) is 5.00 Å². The molecule has 0 saturated carbocycles. The standard InChI is InChI=1S/C20H20ClN3O4S/c1-2-28-20(27)16-14-5-3-4-6-15(14)29-19(16)23-17(25)18(26)24-22-11-12-7-9-13(21)10-8-12/h7-11H,2-6H2,1H3,(H,23,25)(H,24,26). The lowest BCUT2D eigenvalue weighted by Crippen LogP contribution is -2.32. The molecular weight excluding hydrogens is 414 g/mol. The van der Waals surface area contributed by atoms with Crippen LogP contribution in [-0.2, 0) is 27.2 Å². The van der Waals surface area contributed by atoms with E-state index >= 15 is 0 Å². The maximum absolute atomic E-state index is 12.4. The number of carbonyl (C=O) groups is 3. The van der Waals surface area contributed by atoms with Crippen LogP contribution in [0, 0.1) is 0 Å². The highest BCUT2D eigenvalue weighted by atomic mass is 35.5. The van der Waals surface area contributed by atoms with E-state index in [1.807, 2.05) is 0 Å². The zero-order chi connectivity index (χ0) is 20.8. The monoisotopic (exact) mass is 433 g/mol. The average Bonchev–Trinajstić information content (AvgIpc) is 3.07. The van der Waals surface area contributed by atoms with Crippen molar-refractivity contribution in [1.82, 2.24) is 5.43 Å². The number of ether oxygens (including phenoxy) is 1. The molecule has 3 rings (SSSR count). The van der Waals surface area contributed by atoms with Gasteiger partial charge in [0, 0.05) is 9.90 Å². The van der Waals surface area contributed by atoms with Gasteiger partial charge in [0.05, 0.1) is 18.4 Å². The predicted octanol–water partition coefficient (Wildman–Crippen LogP) is 3.55. The Bertz CT molecular complexity index is 953. The second-order valence-corrected chi connectivity index (χ2v) is 7.88. The summed E-state index contributed by atoms with van der Waals surface area (Å²) in [4.78, 5) is 37.8. The van der Waals surface area contributed by atoms with Gasteiger partial charge < -0.3 is 10.1 Å². The third-order valence-electron chi connectivity index (χ3n) is 4.33. The van der Waals surface area contributed by atoms with Gasteiger partial charge in [0.25, 0.3) is 0 Å². The molecule has 152 valence electrons. The molecule has 0 unspecified atom stereocenters. The summed E-state index contributed by atoms with van der Waals surface area (Å²) in [5.41, 5.74) is 4.16. The van der Waals surface area contributed by atoms with Gasteiger partial charge in [-0.2, -0.15) is 5.10 Å². The number of amides is 2. The number of nitrogens with one attached hydrogen (secondary N) is 2. The lowest BCUT2D eigenvalue weighted by molar-refractivity contribution is -0.136. The normalized spacial score (nSPS) is 13.0. The van der Waals surface area contributed by atoms with E-state index in [1.54, 1.807) is 31.2 Å². The molecule has 2 aromatic rings. The predicted molar refractivity (Wildman–Crippen MR) is 113 cm³/mol. The Morgan fingerprint density at radius 2 is 1.90 bits per heavy atom. The molecule has 1 aliphatic carbocycles. The van der Waals surface area contributed by atoms with Crippen LogP contribution in [0.3, 0.4) is 0 Å². The third kappa shape index (κ3) is 5.21. The molecule has 0 bridgehead atoms. The van der Waals surface area contributed by atoms with Crippen LogP contribution < -0.4 is 10.7 Å². The Labute approximate surface area is 177 Å². The number of rotatable bonds is 5. The van der Waals surface area contributed by atoms with Crippen LogP contribution in [0.5, 0.6) is 0 Å². The molecule has 2 amide bonds. The first kappa shape index (κ1) is 21.0. The van der Waals surface area contributed by atoms with Gasteiger partial charge in [-0.1, -0.05) is 23.7 Å². The zero-order valence-electron chi connectivity index (χ0n) is 15.8. The molecule has 0 fully saturated rings. The Morgan fingerprint density at radius 3 is 2.62 bits per heavy atom. The van der Waals surface area contributed by atoms with Crippen LogP contribution >= 0.6 is 22.9 Å². The van der Waals surface area contributed by atoms with Crippen molar-refractivity contribution in [3.05, 3.63) is 50.9 Å². The largest absolute Gasteiger partial charge is 0.462 e. The van der Waals surface area contributed by atoms with Crippen molar-refractivity contribution in [2.75, 3.05) is 11.9 Å². The molecule has 1 aromatic carbocycles. The van der Waals surface area contributed by atoms with Crippen molar-refractivity contribution >= 4 is 51.9 Å². The number of halogens is 1. The summed E-state index contributed by atoms with van der Waals surface area (Å²) in [5.74, 6) is -2.32. The summed E-state index contributed by atoms with van der Waals surface area (Å²) in [5, 5.41) is 7.24. The summed E-state index contributed by atoms with van der Waals surface area (Å²) in [6.45, 7) is 1.96. The van der Waals surface area contributed by atoms with Crippen LogP contribution in [0.2, 0.25) is 5.02 Å². The van der Waals surface area contributed by atoms with Crippen LogP contribution in [-0.4, -0.2) is 30.6 Å². The van der Waals surface area contributed by atoms with Gasteiger partial charge >= 0.3 is 17.8 Å². The number of nitrogens with zero attached hydrogens (tertiary/aromatic N) is 1. The van der Waals surface area contributed by atoms with E-state index in [9.17, 15) is 14.4 Å². The number of anilines is 1. The quantitative estimate of drug-likeness (QED) is 0.326. The lowest BCUT2D eigenvalue weighted by Gasteiger charge is -2.12. The molecule has 7 nitrogen and oxygen atoms in total. The van der Waals surface area contributed by atoms with Crippen LogP contribution in [0.4, 0.5) is 5.00 Å². The Balaban J connectivity index is 1.69. The minimum Gasteiger partial charge on any atom is -0.462 e. The Morgan fingerprint density at radius 1 is 1.17 bits per heavy atom. The average molecular weight is 434 g/mol. The summed E-state index contributed by atoms with van der Waals surface area (Å²) in [6, 6.07) is 6.82. The van der Waals surface area contributed by atoms with E-state index in [1.165, 1.54) is 17.6 Å². The zero-order valence-corrected chi connectivity index (χ0v) is 17.4. The highest BCUT2D eigenvalue weighted by Crippen LogP contribution is 2.38. The van der Waals surface area contributed by atoms with E-state index in [-0.39, 0.29) is 6.61 Å². The first-order valence-electron chi connectivity index (χ1n) is 9.21. The number of hydrogen-bond donors (Lipinski definition) is 2. The molecule has 29 heavy (non-hydrogen) atoms. The van der Waals surface area contributed by atoms with Crippen LogP contribution in [0.1, 0.15) is 46.1 Å². The summed E-state index contributed by atoms with van der Waals surface area (Å²) >= 11 is 7.13. The number of aryl methyl sites for hydroxylation is 1. The SMILES string of the molecule is CCOC(=O)c1c(NC(=O)C(=O)NN=Cc2ccc(Cl)cc2)sc2c1CCCC2. The number of fused-ring (bicyclic) bond motifs is 1. The Hall–Kier alpha value is -2.71. The maximum Gasteiger partial charge on any atom is 0.341 e. The number of carbonyl (C=O) groups excluding carboxylic acids is 3. The fourth-order valence-electron chi connectivity index (χ4n) is 3.00. The van der Waals surface area contributed by atoms with Gasteiger partial charge in [-0.25, -0.2) is 10.2 Å². The van der Waals surface area contributed by atoms with Gasteiger partial charge in [-0.3, -0.25) is 9.59 Å². The number of hydrazone groups is 1. The van der Waals surface area contributed by atoms with Crippen molar-refractivity contribution in [3.63, 3.8) is 0 Å². The van der Waals surface area contributed by atoms with Gasteiger partial charge in [-0.15, -0.1) is 11.3 Å². The molecule has 2 N–H and O–H groups in total. The molecule has 1 heterocycles. The van der Waals surface area contributed by atoms with Gasteiger partial charge in [0.15, 0.2) is 0 Å². The molecule has 9 heteroatoms. The summed E-state index contributed by atoms with van der Waals surface area (Å²) < 4.78 is 5.14. The van der Waals surface area contributed by atoms with E-state index in [0.717, 1.165) is 36.1 Å². The van der Waals surface area contributed by atoms with Crippen molar-refractivity contribution in [2.45, 2.75) is 32.6 Å². The molecular formula is C20H20ClN3O4S. The fourth-order valence-corrected chi connectivity index (χ4v) is 4.40. The van der Waals surface area contributed by atoms with Crippen LogP contribution in [0.25, 0.3) is 0 Å². The fraction of sp³-hybridized carbons (Fsp3) is 0.300. The first-order chi connectivity index (χ1) is 14.0. The van der Waals surface area contributed by atoms with E-state index < -0.39 is 17.8 Å². The molecule has 1 aliphatic rings. The van der Waals surface area contributed by atoms with E-state index in [0.29, 0.717) is 21.2 Å².